The van der Waals surface area contributed by atoms with Crippen LogP contribution in [0.5, 0.6) is 0 Å². The average Bonchev–Trinajstić information content (AvgIpc) is 2.06. The molecule has 15 heavy (non-hydrogen) atoms. The lowest BCUT2D eigenvalue weighted by molar-refractivity contribution is 0.1000. The smallest absolute Gasteiger partial charge is 0.261 e. The summed E-state index contributed by atoms with van der Waals surface area (Å²) < 4.78 is 22.3. The molecule has 0 spiro atoms. The molecule has 0 unspecified atom stereocenters. The van der Waals surface area contributed by atoms with Gasteiger partial charge in [0.1, 0.15) is 0 Å². The molecule has 0 aliphatic rings. The number of rotatable bonds is 2. The van der Waals surface area contributed by atoms with E-state index in [-0.39, 0.29) is 21.0 Å². The van der Waals surface area contributed by atoms with Crippen LogP contribution in [0.2, 0.25) is 5.02 Å². The van der Waals surface area contributed by atoms with E-state index < -0.39 is 15.0 Å². The van der Waals surface area contributed by atoms with E-state index in [1.165, 1.54) is 13.0 Å². The number of carbonyl (C=O) groups excluding carboxylic acids is 1. The van der Waals surface area contributed by atoms with Crippen molar-refractivity contribution in [2.24, 2.45) is 5.73 Å². The summed E-state index contributed by atoms with van der Waals surface area (Å²) in [6.45, 7) is 1.49. The number of hydrogen-bond acceptors (Lipinski definition) is 3. The second-order valence-corrected chi connectivity index (χ2v) is 5.82. The number of nitrogens with two attached hydrogens (primary N) is 1. The summed E-state index contributed by atoms with van der Waals surface area (Å²) in [6, 6.07) is 2.40. The molecule has 1 rings (SSSR count). The minimum absolute atomic E-state index is 0.00447. The molecule has 0 atom stereocenters. The van der Waals surface area contributed by atoms with Gasteiger partial charge in [-0.25, -0.2) is 8.42 Å². The highest BCUT2D eigenvalue weighted by molar-refractivity contribution is 8.13. The van der Waals surface area contributed by atoms with Gasteiger partial charge < -0.3 is 5.73 Å². The summed E-state index contributed by atoms with van der Waals surface area (Å²) in [6.07, 6.45) is 0. The molecule has 2 N–H and O–H groups in total. The summed E-state index contributed by atoms with van der Waals surface area (Å²) in [5, 5.41) is 0.130. The molecule has 1 aromatic carbocycles. The standard InChI is InChI=1S/C8H7Cl2NO3S/c1-4-6(9)2-5(8(11)12)3-7(4)15(10,13)14/h2-3H,1H3,(H2,11,12). The number of carbonyl (C=O) groups is 1. The third-order valence-electron chi connectivity index (χ3n) is 1.84. The normalized spacial score (nSPS) is 11.4. The number of hydrogen-bond donors (Lipinski definition) is 1. The van der Waals surface area contributed by atoms with Crippen molar-refractivity contribution in [1.82, 2.24) is 0 Å². The molecular weight excluding hydrogens is 261 g/mol. The van der Waals surface area contributed by atoms with Gasteiger partial charge in [0.05, 0.1) is 4.90 Å². The van der Waals surface area contributed by atoms with Crippen LogP contribution in [-0.2, 0) is 9.05 Å². The van der Waals surface area contributed by atoms with Crippen LogP contribution in [0.4, 0.5) is 0 Å². The van der Waals surface area contributed by atoms with Crippen molar-refractivity contribution in [3.05, 3.63) is 28.3 Å². The van der Waals surface area contributed by atoms with Gasteiger partial charge in [0.15, 0.2) is 0 Å². The maximum Gasteiger partial charge on any atom is 0.261 e. The summed E-state index contributed by atoms with van der Waals surface area (Å²) in [7, 11) is 1.24. The van der Waals surface area contributed by atoms with Gasteiger partial charge in [-0.05, 0) is 24.6 Å². The van der Waals surface area contributed by atoms with Crippen molar-refractivity contribution in [2.75, 3.05) is 0 Å². The molecule has 0 fully saturated rings. The quantitative estimate of drug-likeness (QED) is 0.829. The molecule has 0 aromatic heterocycles. The highest BCUT2D eigenvalue weighted by Crippen LogP contribution is 2.27. The molecule has 1 amide bonds. The van der Waals surface area contributed by atoms with Gasteiger partial charge in [-0.3, -0.25) is 4.79 Å². The average molecular weight is 268 g/mol. The molecule has 7 heteroatoms. The van der Waals surface area contributed by atoms with Gasteiger partial charge in [0.25, 0.3) is 9.05 Å². The Balaban J connectivity index is 3.59. The first-order valence-electron chi connectivity index (χ1n) is 3.78. The molecule has 0 aliphatic carbocycles. The van der Waals surface area contributed by atoms with E-state index in [0.717, 1.165) is 6.07 Å². The third kappa shape index (κ3) is 2.62. The van der Waals surface area contributed by atoms with Crippen LogP contribution in [0, 0.1) is 6.92 Å². The summed E-state index contributed by atoms with van der Waals surface area (Å²) >= 11 is 5.74. The highest BCUT2D eigenvalue weighted by atomic mass is 35.7. The fraction of sp³-hybridized carbons (Fsp3) is 0.125. The number of primary amides is 1. The maximum absolute atomic E-state index is 11.1. The minimum Gasteiger partial charge on any atom is -0.366 e. The van der Waals surface area contributed by atoms with Crippen LogP contribution < -0.4 is 5.73 Å². The largest absolute Gasteiger partial charge is 0.366 e. The van der Waals surface area contributed by atoms with Crippen molar-refractivity contribution in [1.29, 1.82) is 0 Å². The predicted octanol–water partition coefficient (Wildman–Crippen LogP) is 1.67. The Labute approximate surface area is 96.4 Å². The number of benzene rings is 1. The van der Waals surface area contributed by atoms with E-state index >= 15 is 0 Å². The van der Waals surface area contributed by atoms with Crippen LogP contribution in [0.3, 0.4) is 0 Å². The van der Waals surface area contributed by atoms with Crippen molar-refractivity contribution in [3.8, 4) is 0 Å². The lowest BCUT2D eigenvalue weighted by Gasteiger charge is -2.06. The summed E-state index contributed by atoms with van der Waals surface area (Å²) in [5.74, 6) is -0.765. The van der Waals surface area contributed by atoms with Crippen molar-refractivity contribution in [3.63, 3.8) is 0 Å². The summed E-state index contributed by atoms with van der Waals surface area (Å²) in [5.41, 5.74) is 5.30. The molecule has 0 saturated heterocycles. The summed E-state index contributed by atoms with van der Waals surface area (Å²) in [4.78, 5) is 10.7. The molecule has 0 bridgehead atoms. The Morgan fingerprint density at radius 1 is 1.40 bits per heavy atom. The Hall–Kier alpha value is -0.780. The lowest BCUT2D eigenvalue weighted by Crippen LogP contribution is -2.12. The van der Waals surface area contributed by atoms with Crippen LogP contribution in [0.1, 0.15) is 15.9 Å². The molecule has 4 nitrogen and oxygen atoms in total. The first-order valence-corrected chi connectivity index (χ1v) is 6.47. The molecule has 0 saturated carbocycles. The fourth-order valence-electron chi connectivity index (χ4n) is 1.05. The predicted molar refractivity (Wildman–Crippen MR) is 57.7 cm³/mol. The van der Waals surface area contributed by atoms with Crippen molar-refractivity contribution in [2.45, 2.75) is 11.8 Å². The first kappa shape index (κ1) is 12.3. The van der Waals surface area contributed by atoms with Crippen LogP contribution in [0.15, 0.2) is 17.0 Å². The monoisotopic (exact) mass is 267 g/mol. The molecule has 82 valence electrons. The number of amides is 1. The lowest BCUT2D eigenvalue weighted by atomic mass is 10.1. The number of halogens is 2. The van der Waals surface area contributed by atoms with E-state index in [0.29, 0.717) is 0 Å². The second kappa shape index (κ2) is 4.00. The van der Waals surface area contributed by atoms with Crippen LogP contribution in [0.25, 0.3) is 0 Å². The molecule has 0 radical (unpaired) electrons. The van der Waals surface area contributed by atoms with Crippen LogP contribution in [-0.4, -0.2) is 14.3 Å². The SMILES string of the molecule is Cc1c(Cl)cc(C(N)=O)cc1S(=O)(=O)Cl. The Morgan fingerprint density at radius 3 is 2.33 bits per heavy atom. The molecule has 0 aliphatic heterocycles. The van der Waals surface area contributed by atoms with Crippen molar-refractivity contribution >= 4 is 37.2 Å². The Kier molecular flexibility index (Phi) is 3.28. The first-order chi connectivity index (χ1) is 6.73. The fourth-order valence-corrected chi connectivity index (χ4v) is 2.55. The molecule has 0 heterocycles. The molecule has 1 aromatic rings. The van der Waals surface area contributed by atoms with E-state index in [4.69, 9.17) is 28.0 Å². The van der Waals surface area contributed by atoms with E-state index in [2.05, 4.69) is 0 Å². The van der Waals surface area contributed by atoms with E-state index in [9.17, 15) is 13.2 Å². The Bertz CT molecular complexity index is 525. The van der Waals surface area contributed by atoms with Crippen molar-refractivity contribution < 1.29 is 13.2 Å². The Morgan fingerprint density at radius 2 is 1.93 bits per heavy atom. The van der Waals surface area contributed by atoms with Gasteiger partial charge in [-0.15, -0.1) is 0 Å². The van der Waals surface area contributed by atoms with Gasteiger partial charge in [0, 0.05) is 21.3 Å². The zero-order valence-corrected chi connectivity index (χ0v) is 9.95. The van der Waals surface area contributed by atoms with Crippen LogP contribution >= 0.6 is 22.3 Å². The zero-order chi connectivity index (χ0) is 11.8. The minimum atomic E-state index is -3.93. The zero-order valence-electron chi connectivity index (χ0n) is 7.62. The van der Waals surface area contributed by atoms with Gasteiger partial charge in [-0.1, -0.05) is 11.6 Å². The second-order valence-electron chi connectivity index (χ2n) is 2.88. The van der Waals surface area contributed by atoms with Gasteiger partial charge in [-0.2, -0.15) is 0 Å². The molecular formula is C8H7Cl2NO3S. The van der Waals surface area contributed by atoms with Gasteiger partial charge >= 0.3 is 0 Å². The third-order valence-corrected chi connectivity index (χ3v) is 3.68. The van der Waals surface area contributed by atoms with E-state index in [1.54, 1.807) is 0 Å². The van der Waals surface area contributed by atoms with Gasteiger partial charge in [0.2, 0.25) is 5.91 Å². The maximum atomic E-state index is 11.1. The topological polar surface area (TPSA) is 77.2 Å². The highest BCUT2D eigenvalue weighted by Gasteiger charge is 2.18. The van der Waals surface area contributed by atoms with E-state index in [1.807, 2.05) is 0 Å².